The molecule has 0 aromatic heterocycles. The monoisotopic (exact) mass is 454 g/mol. The van der Waals surface area contributed by atoms with E-state index in [-0.39, 0.29) is 27.0 Å². The summed E-state index contributed by atoms with van der Waals surface area (Å²) in [6.45, 7) is 1.85. The topological polar surface area (TPSA) is 140 Å². The molecule has 5 N–H and O–H groups in total. The summed E-state index contributed by atoms with van der Waals surface area (Å²) >= 11 is 6.04. The lowest BCUT2D eigenvalue weighted by Crippen LogP contribution is -2.46. The van der Waals surface area contributed by atoms with E-state index in [9.17, 15) is 18.0 Å². The number of nitrogens with one attached hydrogen (secondary N) is 3. The number of para-hydroxylation sites is 1. The minimum absolute atomic E-state index is 0.0768. The number of carbonyl (C=O) groups is 2. The Morgan fingerprint density at radius 1 is 1.20 bits per heavy atom. The molecular formula is C19H23ClN4O5S. The molecule has 0 heterocycles. The molecule has 0 radical (unpaired) electrons. The van der Waals surface area contributed by atoms with Crippen LogP contribution in [-0.2, 0) is 14.8 Å². The first-order valence-corrected chi connectivity index (χ1v) is 10.9. The van der Waals surface area contributed by atoms with Crippen LogP contribution in [0.15, 0.2) is 47.4 Å². The Kier molecular flexibility index (Phi) is 7.90. The molecule has 0 saturated heterocycles. The van der Waals surface area contributed by atoms with Gasteiger partial charge in [0.1, 0.15) is 16.7 Å². The summed E-state index contributed by atoms with van der Waals surface area (Å²) in [5.41, 5.74) is 5.51. The number of hydrogen-bond acceptors (Lipinski definition) is 5. The van der Waals surface area contributed by atoms with Gasteiger partial charge in [-0.15, -0.1) is 0 Å². The van der Waals surface area contributed by atoms with Crippen molar-refractivity contribution >= 4 is 44.9 Å². The zero-order chi connectivity index (χ0) is 22.3. The van der Waals surface area contributed by atoms with E-state index in [1.807, 2.05) is 6.92 Å². The molecule has 0 aliphatic rings. The van der Waals surface area contributed by atoms with E-state index in [4.69, 9.17) is 22.1 Å². The fourth-order valence-corrected chi connectivity index (χ4v) is 4.18. The van der Waals surface area contributed by atoms with Gasteiger partial charge in [-0.25, -0.2) is 13.2 Å². The van der Waals surface area contributed by atoms with E-state index in [1.54, 1.807) is 18.2 Å². The minimum atomic E-state index is -4.09. The standard InChI is InChI=1S/C19H23ClN4O5S/c1-3-6-15(23-19(21)26)18(25)22-12-9-10-16(29-2)17(11-12)30(27,28)24-14-8-5-4-7-13(14)20/h4-5,7-11,15,24H,3,6H2,1-2H3,(H,22,25)(H3,21,23,26)/t15-/m0/s1. The van der Waals surface area contributed by atoms with Gasteiger partial charge in [0.15, 0.2) is 0 Å². The van der Waals surface area contributed by atoms with Crippen molar-refractivity contribution in [3.63, 3.8) is 0 Å². The average Bonchev–Trinajstić information content (AvgIpc) is 2.69. The maximum absolute atomic E-state index is 12.9. The number of nitrogens with two attached hydrogens (primary N) is 1. The molecule has 30 heavy (non-hydrogen) atoms. The Morgan fingerprint density at radius 3 is 2.50 bits per heavy atom. The predicted octanol–water partition coefficient (Wildman–Crippen LogP) is 2.92. The number of methoxy groups -OCH3 is 1. The summed E-state index contributed by atoms with van der Waals surface area (Å²) < 4.78 is 33.4. The van der Waals surface area contributed by atoms with Crippen molar-refractivity contribution in [3.8, 4) is 5.75 Å². The molecule has 0 spiro atoms. The van der Waals surface area contributed by atoms with Crippen LogP contribution in [0.5, 0.6) is 5.75 Å². The lowest BCUT2D eigenvalue weighted by molar-refractivity contribution is -0.118. The molecule has 0 saturated carbocycles. The molecule has 3 amide bonds. The van der Waals surface area contributed by atoms with Crippen molar-refractivity contribution in [1.82, 2.24) is 5.32 Å². The molecular weight excluding hydrogens is 432 g/mol. The number of rotatable bonds is 9. The number of primary amides is 1. The number of carbonyl (C=O) groups excluding carboxylic acids is 2. The van der Waals surface area contributed by atoms with E-state index in [0.717, 1.165) is 0 Å². The minimum Gasteiger partial charge on any atom is -0.495 e. The Balaban J connectivity index is 2.33. The second kappa shape index (κ2) is 10.2. The average molecular weight is 455 g/mol. The summed E-state index contributed by atoms with van der Waals surface area (Å²) in [6, 6.07) is 8.84. The van der Waals surface area contributed by atoms with E-state index in [1.165, 1.54) is 31.4 Å². The molecule has 2 aromatic carbocycles. The number of halogens is 1. The first-order valence-electron chi connectivity index (χ1n) is 9.00. The van der Waals surface area contributed by atoms with Gasteiger partial charge in [0, 0.05) is 5.69 Å². The highest BCUT2D eigenvalue weighted by atomic mass is 35.5. The van der Waals surface area contributed by atoms with Crippen molar-refractivity contribution < 1.29 is 22.7 Å². The number of benzene rings is 2. The maximum atomic E-state index is 12.9. The maximum Gasteiger partial charge on any atom is 0.312 e. The first kappa shape index (κ1) is 23.3. The molecule has 11 heteroatoms. The Hall–Kier alpha value is -2.98. The summed E-state index contributed by atoms with van der Waals surface area (Å²) in [6.07, 6.45) is 0.993. The van der Waals surface area contributed by atoms with Crippen LogP contribution < -0.4 is 25.8 Å². The van der Waals surface area contributed by atoms with Crippen LogP contribution in [-0.4, -0.2) is 33.5 Å². The Labute approximate surface area is 180 Å². The molecule has 2 rings (SSSR count). The number of sulfonamides is 1. The molecule has 0 bridgehead atoms. The second-order valence-electron chi connectivity index (χ2n) is 6.29. The van der Waals surface area contributed by atoms with Crippen LogP contribution in [0.2, 0.25) is 5.02 Å². The number of anilines is 2. The van der Waals surface area contributed by atoms with Gasteiger partial charge in [0.05, 0.1) is 17.8 Å². The summed E-state index contributed by atoms with van der Waals surface area (Å²) in [5, 5.41) is 5.18. The van der Waals surface area contributed by atoms with Gasteiger partial charge in [-0.1, -0.05) is 37.1 Å². The van der Waals surface area contributed by atoms with Crippen LogP contribution in [0.4, 0.5) is 16.2 Å². The molecule has 2 aromatic rings. The van der Waals surface area contributed by atoms with Crippen LogP contribution in [0.3, 0.4) is 0 Å². The van der Waals surface area contributed by atoms with Gasteiger partial charge in [0.25, 0.3) is 10.0 Å². The third kappa shape index (κ3) is 6.01. The van der Waals surface area contributed by atoms with Gasteiger partial charge in [0.2, 0.25) is 5.91 Å². The van der Waals surface area contributed by atoms with E-state index in [2.05, 4.69) is 15.4 Å². The highest BCUT2D eigenvalue weighted by molar-refractivity contribution is 7.92. The molecule has 0 fully saturated rings. The third-order valence-electron chi connectivity index (χ3n) is 4.05. The van der Waals surface area contributed by atoms with Crippen molar-refractivity contribution in [2.45, 2.75) is 30.7 Å². The lowest BCUT2D eigenvalue weighted by Gasteiger charge is -2.18. The van der Waals surface area contributed by atoms with Crippen molar-refractivity contribution in [3.05, 3.63) is 47.5 Å². The summed E-state index contributed by atoms with van der Waals surface area (Å²) in [7, 11) is -2.76. The van der Waals surface area contributed by atoms with E-state index in [0.29, 0.717) is 12.8 Å². The van der Waals surface area contributed by atoms with Crippen LogP contribution in [0.1, 0.15) is 19.8 Å². The van der Waals surface area contributed by atoms with Gasteiger partial charge >= 0.3 is 6.03 Å². The number of hydrogen-bond donors (Lipinski definition) is 4. The Morgan fingerprint density at radius 2 is 1.90 bits per heavy atom. The largest absolute Gasteiger partial charge is 0.495 e. The van der Waals surface area contributed by atoms with Gasteiger partial charge in [-0.05, 0) is 36.8 Å². The lowest BCUT2D eigenvalue weighted by atomic mass is 10.1. The summed E-state index contributed by atoms with van der Waals surface area (Å²) in [4.78, 5) is 23.4. The Bertz CT molecular complexity index is 1030. The quantitative estimate of drug-likeness (QED) is 0.461. The smallest absolute Gasteiger partial charge is 0.312 e. The van der Waals surface area contributed by atoms with Crippen LogP contribution >= 0.6 is 11.6 Å². The number of amides is 3. The molecule has 9 nitrogen and oxygen atoms in total. The van der Waals surface area contributed by atoms with Crippen LogP contribution in [0.25, 0.3) is 0 Å². The van der Waals surface area contributed by atoms with Crippen molar-refractivity contribution in [2.75, 3.05) is 17.1 Å². The van der Waals surface area contributed by atoms with Crippen molar-refractivity contribution in [1.29, 1.82) is 0 Å². The van der Waals surface area contributed by atoms with Crippen LogP contribution in [0, 0.1) is 0 Å². The zero-order valence-corrected chi connectivity index (χ0v) is 18.0. The number of urea groups is 1. The van der Waals surface area contributed by atoms with E-state index < -0.39 is 28.0 Å². The highest BCUT2D eigenvalue weighted by Gasteiger charge is 2.23. The van der Waals surface area contributed by atoms with Gasteiger partial charge in [-0.3, -0.25) is 9.52 Å². The summed E-state index contributed by atoms with van der Waals surface area (Å²) in [5.74, 6) is -0.448. The van der Waals surface area contributed by atoms with E-state index >= 15 is 0 Å². The molecule has 0 unspecified atom stereocenters. The predicted molar refractivity (Wildman–Crippen MR) is 115 cm³/mol. The SMILES string of the molecule is CCC[C@H](NC(N)=O)C(=O)Nc1ccc(OC)c(S(=O)(=O)Nc2ccccc2Cl)c1. The third-order valence-corrected chi connectivity index (χ3v) is 5.77. The first-order chi connectivity index (χ1) is 14.2. The number of ether oxygens (including phenoxy) is 1. The fraction of sp³-hybridized carbons (Fsp3) is 0.263. The zero-order valence-electron chi connectivity index (χ0n) is 16.4. The molecule has 1 atom stereocenters. The highest BCUT2D eigenvalue weighted by Crippen LogP contribution is 2.30. The molecule has 0 aliphatic carbocycles. The normalized spacial score (nSPS) is 12.0. The molecule has 0 aliphatic heterocycles. The van der Waals surface area contributed by atoms with Gasteiger partial charge < -0.3 is 21.1 Å². The van der Waals surface area contributed by atoms with Gasteiger partial charge in [-0.2, -0.15) is 0 Å². The molecule has 162 valence electrons. The fourth-order valence-electron chi connectivity index (χ4n) is 2.67. The van der Waals surface area contributed by atoms with Crippen molar-refractivity contribution in [2.24, 2.45) is 5.73 Å². The second-order valence-corrected chi connectivity index (χ2v) is 8.35.